The van der Waals surface area contributed by atoms with E-state index in [2.05, 4.69) is 18.3 Å². The summed E-state index contributed by atoms with van der Waals surface area (Å²) in [5.41, 5.74) is 2.05. The zero-order chi connectivity index (χ0) is 16.2. The van der Waals surface area contributed by atoms with Gasteiger partial charge in [-0.3, -0.25) is 4.79 Å². The topological polar surface area (TPSA) is 45.5 Å². The lowest BCUT2D eigenvalue weighted by Gasteiger charge is -2.25. The minimum atomic E-state index is 0. The van der Waals surface area contributed by atoms with E-state index in [0.29, 0.717) is 19.0 Å². The summed E-state index contributed by atoms with van der Waals surface area (Å²) >= 11 is 1.92. The van der Waals surface area contributed by atoms with Crippen molar-refractivity contribution in [2.24, 2.45) is 0 Å². The van der Waals surface area contributed by atoms with E-state index in [1.807, 2.05) is 41.9 Å². The molecular weight excluding hydrogens is 344 g/mol. The highest BCUT2D eigenvalue weighted by molar-refractivity contribution is 7.99. The molecular formula is C18H25ClN2O2S. The van der Waals surface area contributed by atoms with E-state index in [0.717, 1.165) is 46.8 Å². The second-order valence-electron chi connectivity index (χ2n) is 6.03. The number of thioether (sulfide) groups is 1. The van der Waals surface area contributed by atoms with E-state index in [1.165, 1.54) is 0 Å². The van der Waals surface area contributed by atoms with Crippen molar-refractivity contribution in [2.45, 2.75) is 32.4 Å². The summed E-state index contributed by atoms with van der Waals surface area (Å²) in [6.07, 6.45) is 1.41. The molecule has 1 unspecified atom stereocenters. The molecule has 1 fully saturated rings. The summed E-state index contributed by atoms with van der Waals surface area (Å²) in [6, 6.07) is 8.37. The Hall–Kier alpha value is -1.17. The molecule has 1 aromatic heterocycles. The smallest absolute Gasteiger partial charge is 0.224 e. The molecule has 3 rings (SSSR count). The lowest BCUT2D eigenvalue weighted by atomic mass is 10.1. The number of amides is 1. The maximum atomic E-state index is 12.5. The number of hydrogen-bond donors (Lipinski definition) is 1. The Morgan fingerprint density at radius 3 is 2.92 bits per heavy atom. The lowest BCUT2D eigenvalue weighted by molar-refractivity contribution is -0.130. The number of para-hydroxylation sites is 1. The van der Waals surface area contributed by atoms with Crippen LogP contribution in [0, 0.1) is 0 Å². The highest BCUT2D eigenvalue weighted by Crippen LogP contribution is 2.27. The van der Waals surface area contributed by atoms with Crippen LogP contribution in [0.2, 0.25) is 0 Å². The normalized spacial score (nSPS) is 17.5. The van der Waals surface area contributed by atoms with Crippen molar-refractivity contribution in [3.05, 3.63) is 35.6 Å². The maximum absolute atomic E-state index is 12.5. The summed E-state index contributed by atoms with van der Waals surface area (Å²) in [4.78, 5) is 14.4. The summed E-state index contributed by atoms with van der Waals surface area (Å²) in [5.74, 6) is 3.34. The van der Waals surface area contributed by atoms with Crippen molar-refractivity contribution in [1.82, 2.24) is 10.2 Å². The molecule has 0 saturated carbocycles. The monoisotopic (exact) mass is 368 g/mol. The van der Waals surface area contributed by atoms with Gasteiger partial charge in [0, 0.05) is 61.5 Å². The second-order valence-corrected chi connectivity index (χ2v) is 7.18. The first-order valence-electron chi connectivity index (χ1n) is 8.23. The van der Waals surface area contributed by atoms with Crippen LogP contribution >= 0.6 is 24.2 Å². The Morgan fingerprint density at radius 2 is 2.21 bits per heavy atom. The zero-order valence-electron chi connectivity index (χ0n) is 14.2. The van der Waals surface area contributed by atoms with Gasteiger partial charge in [-0.05, 0) is 6.07 Å². The number of halogens is 1. The number of benzene rings is 1. The SMILES string of the molecule is CCc1oc2ccccc2c1CN(C)C(=O)CC1CSCCN1.Cl. The Balaban J connectivity index is 0.00000208. The molecule has 1 amide bonds. The Morgan fingerprint density at radius 1 is 1.42 bits per heavy atom. The van der Waals surface area contributed by atoms with Crippen LogP contribution in [0.5, 0.6) is 0 Å². The third kappa shape index (κ3) is 4.26. The molecule has 1 aliphatic rings. The number of fused-ring (bicyclic) bond motifs is 1. The van der Waals surface area contributed by atoms with Gasteiger partial charge in [-0.25, -0.2) is 0 Å². The van der Waals surface area contributed by atoms with Crippen molar-refractivity contribution >= 4 is 41.0 Å². The molecule has 0 bridgehead atoms. The molecule has 2 heterocycles. The van der Waals surface area contributed by atoms with Gasteiger partial charge in [0.2, 0.25) is 5.91 Å². The molecule has 6 heteroatoms. The van der Waals surface area contributed by atoms with Crippen molar-refractivity contribution in [3.63, 3.8) is 0 Å². The van der Waals surface area contributed by atoms with E-state index in [9.17, 15) is 4.79 Å². The molecule has 1 atom stereocenters. The number of rotatable bonds is 5. The summed E-state index contributed by atoms with van der Waals surface area (Å²) < 4.78 is 5.93. The largest absolute Gasteiger partial charge is 0.461 e. The molecule has 0 aliphatic carbocycles. The Bertz CT molecular complexity index is 683. The third-order valence-corrected chi connectivity index (χ3v) is 5.47. The van der Waals surface area contributed by atoms with Crippen molar-refractivity contribution in [3.8, 4) is 0 Å². The van der Waals surface area contributed by atoms with Gasteiger partial charge in [-0.15, -0.1) is 12.4 Å². The highest BCUT2D eigenvalue weighted by Gasteiger charge is 2.21. The van der Waals surface area contributed by atoms with Gasteiger partial charge >= 0.3 is 0 Å². The number of hydrogen-bond acceptors (Lipinski definition) is 4. The highest BCUT2D eigenvalue weighted by atomic mass is 35.5. The molecule has 0 spiro atoms. The van der Waals surface area contributed by atoms with E-state index >= 15 is 0 Å². The quantitative estimate of drug-likeness (QED) is 0.877. The van der Waals surface area contributed by atoms with Gasteiger partial charge in [-0.1, -0.05) is 25.1 Å². The molecule has 1 saturated heterocycles. The Labute approximate surface area is 153 Å². The molecule has 1 aromatic carbocycles. The zero-order valence-corrected chi connectivity index (χ0v) is 15.8. The van der Waals surface area contributed by atoms with Gasteiger partial charge < -0.3 is 14.6 Å². The number of nitrogens with zero attached hydrogens (tertiary/aromatic N) is 1. The average molecular weight is 369 g/mol. The number of aryl methyl sites for hydroxylation is 1. The lowest BCUT2D eigenvalue weighted by Crippen LogP contribution is -2.41. The predicted molar refractivity (Wildman–Crippen MR) is 103 cm³/mol. The van der Waals surface area contributed by atoms with E-state index < -0.39 is 0 Å². The van der Waals surface area contributed by atoms with Gasteiger partial charge in [-0.2, -0.15) is 11.8 Å². The summed E-state index contributed by atoms with van der Waals surface area (Å²) in [5, 5.41) is 4.55. The first kappa shape index (κ1) is 19.2. The minimum absolute atomic E-state index is 0. The first-order chi connectivity index (χ1) is 11.2. The van der Waals surface area contributed by atoms with Crippen molar-refractivity contribution < 1.29 is 9.21 Å². The number of carbonyl (C=O) groups is 1. The molecule has 132 valence electrons. The van der Waals surface area contributed by atoms with Crippen molar-refractivity contribution in [1.29, 1.82) is 0 Å². The molecule has 0 radical (unpaired) electrons. The van der Waals surface area contributed by atoms with E-state index in [4.69, 9.17) is 4.42 Å². The number of nitrogens with one attached hydrogen (secondary N) is 1. The van der Waals surface area contributed by atoms with Gasteiger partial charge in [0.1, 0.15) is 11.3 Å². The third-order valence-electron chi connectivity index (χ3n) is 4.34. The van der Waals surface area contributed by atoms with Crippen LogP contribution in [0.15, 0.2) is 28.7 Å². The van der Waals surface area contributed by atoms with E-state index in [-0.39, 0.29) is 18.3 Å². The number of carbonyl (C=O) groups excluding carboxylic acids is 1. The fourth-order valence-corrected chi connectivity index (χ4v) is 4.00. The molecule has 2 aromatic rings. The van der Waals surface area contributed by atoms with Gasteiger partial charge in [0.25, 0.3) is 0 Å². The minimum Gasteiger partial charge on any atom is -0.461 e. The average Bonchev–Trinajstić information content (AvgIpc) is 2.93. The van der Waals surface area contributed by atoms with Gasteiger partial charge in [0.15, 0.2) is 0 Å². The van der Waals surface area contributed by atoms with Crippen LogP contribution in [0.25, 0.3) is 11.0 Å². The fraction of sp³-hybridized carbons (Fsp3) is 0.500. The summed E-state index contributed by atoms with van der Waals surface area (Å²) in [6.45, 7) is 3.70. The maximum Gasteiger partial charge on any atom is 0.224 e. The van der Waals surface area contributed by atoms with Crippen LogP contribution in [0.3, 0.4) is 0 Å². The van der Waals surface area contributed by atoms with Crippen LogP contribution in [-0.4, -0.2) is 41.9 Å². The predicted octanol–water partition coefficient (Wildman–Crippen LogP) is 3.47. The van der Waals surface area contributed by atoms with E-state index in [1.54, 1.807) is 0 Å². The van der Waals surface area contributed by atoms with Crippen molar-refractivity contribution in [2.75, 3.05) is 25.1 Å². The van der Waals surface area contributed by atoms with Gasteiger partial charge in [0.05, 0.1) is 0 Å². The summed E-state index contributed by atoms with van der Waals surface area (Å²) in [7, 11) is 1.89. The Kier molecular flexibility index (Phi) is 7.02. The van der Waals surface area contributed by atoms with Crippen LogP contribution in [0.4, 0.5) is 0 Å². The molecule has 4 nitrogen and oxygen atoms in total. The van der Waals surface area contributed by atoms with Crippen LogP contribution in [-0.2, 0) is 17.8 Å². The van der Waals surface area contributed by atoms with Crippen LogP contribution in [0.1, 0.15) is 24.7 Å². The fourth-order valence-electron chi connectivity index (χ4n) is 3.05. The molecule has 1 N–H and O–H groups in total. The second kappa shape index (κ2) is 8.79. The first-order valence-corrected chi connectivity index (χ1v) is 9.39. The molecule has 24 heavy (non-hydrogen) atoms. The van der Waals surface area contributed by atoms with Crippen LogP contribution < -0.4 is 5.32 Å². The molecule has 1 aliphatic heterocycles. The number of furan rings is 1. The standard InChI is InChI=1S/C18H24N2O2S.ClH/c1-3-16-15(14-6-4-5-7-17(14)22-16)11-20(2)18(21)10-13-12-23-9-8-19-13;/h4-7,13,19H,3,8-12H2,1-2H3;1H.